The molecule has 1 aromatic heterocycles. The SMILES string of the molecule is COc1ccc(OC(=O)c2cn(-c3cccc(C(F)(F)F)c3)c(=O)c3ccccc23)cc1. The summed E-state index contributed by atoms with van der Waals surface area (Å²) in [6, 6.07) is 17.0. The van der Waals surface area contributed by atoms with E-state index in [1.54, 1.807) is 42.5 Å². The number of alkyl halides is 3. The van der Waals surface area contributed by atoms with Crippen molar-refractivity contribution in [1.82, 2.24) is 4.57 Å². The molecule has 32 heavy (non-hydrogen) atoms. The van der Waals surface area contributed by atoms with Crippen LogP contribution in [-0.4, -0.2) is 17.6 Å². The van der Waals surface area contributed by atoms with Crippen LogP contribution in [-0.2, 0) is 6.18 Å². The number of fused-ring (bicyclic) bond motifs is 1. The number of ether oxygens (including phenoxy) is 2. The number of benzene rings is 3. The molecule has 1 heterocycles. The quantitative estimate of drug-likeness (QED) is 0.323. The zero-order valence-corrected chi connectivity index (χ0v) is 16.7. The van der Waals surface area contributed by atoms with E-state index in [0.29, 0.717) is 11.1 Å². The molecule has 8 heteroatoms. The third-order valence-electron chi connectivity index (χ3n) is 4.87. The molecular weight excluding hydrogens is 423 g/mol. The molecule has 162 valence electrons. The predicted octanol–water partition coefficient (Wildman–Crippen LogP) is 5.24. The fourth-order valence-corrected chi connectivity index (χ4v) is 3.28. The molecule has 0 saturated heterocycles. The van der Waals surface area contributed by atoms with Crippen LogP contribution in [0, 0.1) is 0 Å². The van der Waals surface area contributed by atoms with Gasteiger partial charge in [0.15, 0.2) is 0 Å². The van der Waals surface area contributed by atoms with Gasteiger partial charge in [0.05, 0.1) is 18.2 Å². The Labute approximate surface area is 180 Å². The van der Waals surface area contributed by atoms with Gasteiger partial charge in [0.25, 0.3) is 5.56 Å². The van der Waals surface area contributed by atoms with E-state index < -0.39 is 23.3 Å². The molecule has 4 rings (SSSR count). The van der Waals surface area contributed by atoms with Gasteiger partial charge in [0, 0.05) is 22.7 Å². The molecule has 3 aromatic carbocycles. The highest BCUT2D eigenvalue weighted by atomic mass is 19.4. The van der Waals surface area contributed by atoms with Gasteiger partial charge in [-0.15, -0.1) is 0 Å². The maximum Gasteiger partial charge on any atom is 0.416 e. The highest BCUT2D eigenvalue weighted by Crippen LogP contribution is 2.30. The monoisotopic (exact) mass is 439 g/mol. The molecule has 0 bridgehead atoms. The third kappa shape index (κ3) is 4.07. The molecule has 0 saturated carbocycles. The first kappa shape index (κ1) is 21.2. The Morgan fingerprint density at radius 1 is 0.875 bits per heavy atom. The minimum absolute atomic E-state index is 0.0194. The fourth-order valence-electron chi connectivity index (χ4n) is 3.28. The lowest BCUT2D eigenvalue weighted by atomic mass is 10.1. The number of aromatic nitrogens is 1. The lowest BCUT2D eigenvalue weighted by Gasteiger charge is -2.14. The summed E-state index contributed by atoms with van der Waals surface area (Å²) in [5.41, 5.74) is -1.44. The van der Waals surface area contributed by atoms with Crippen LogP contribution in [0.2, 0.25) is 0 Å². The van der Waals surface area contributed by atoms with E-state index in [0.717, 1.165) is 16.7 Å². The van der Waals surface area contributed by atoms with Gasteiger partial charge in [-0.2, -0.15) is 13.2 Å². The molecule has 5 nitrogen and oxygen atoms in total. The fraction of sp³-hybridized carbons (Fsp3) is 0.0833. The Balaban J connectivity index is 1.84. The Morgan fingerprint density at radius 2 is 1.53 bits per heavy atom. The van der Waals surface area contributed by atoms with Gasteiger partial charge in [0.2, 0.25) is 0 Å². The number of esters is 1. The largest absolute Gasteiger partial charge is 0.497 e. The van der Waals surface area contributed by atoms with E-state index in [1.807, 2.05) is 0 Å². The zero-order chi connectivity index (χ0) is 22.9. The van der Waals surface area contributed by atoms with Crippen LogP contribution in [0.4, 0.5) is 13.2 Å². The third-order valence-corrected chi connectivity index (χ3v) is 4.87. The molecule has 0 atom stereocenters. The van der Waals surface area contributed by atoms with Crippen LogP contribution >= 0.6 is 0 Å². The minimum atomic E-state index is -4.58. The summed E-state index contributed by atoms with van der Waals surface area (Å²) in [5, 5.41) is 0.508. The highest BCUT2D eigenvalue weighted by Gasteiger charge is 2.30. The molecule has 0 spiro atoms. The van der Waals surface area contributed by atoms with Crippen molar-refractivity contribution in [2.75, 3.05) is 7.11 Å². The van der Waals surface area contributed by atoms with Gasteiger partial charge >= 0.3 is 12.1 Å². The van der Waals surface area contributed by atoms with E-state index >= 15 is 0 Å². The first-order chi connectivity index (χ1) is 15.3. The summed E-state index contributed by atoms with van der Waals surface area (Å²) in [4.78, 5) is 26.0. The molecule has 0 aliphatic heterocycles. The second-order valence-electron chi connectivity index (χ2n) is 6.88. The molecule has 0 amide bonds. The topological polar surface area (TPSA) is 57.5 Å². The van der Waals surface area contributed by atoms with Gasteiger partial charge in [-0.05, 0) is 48.5 Å². The average Bonchev–Trinajstić information content (AvgIpc) is 2.79. The zero-order valence-electron chi connectivity index (χ0n) is 16.7. The lowest BCUT2D eigenvalue weighted by molar-refractivity contribution is -0.137. The summed E-state index contributed by atoms with van der Waals surface area (Å²) < 4.78 is 51.0. The standard InChI is InChI=1S/C24H16F3NO4/c1-31-17-9-11-18(12-10-17)32-23(30)21-14-28(22(29)20-8-3-2-7-19(20)21)16-6-4-5-15(13-16)24(25,26)27/h2-14H,1H3. The number of halogens is 3. The minimum Gasteiger partial charge on any atom is -0.497 e. The van der Waals surface area contributed by atoms with Gasteiger partial charge in [0.1, 0.15) is 11.5 Å². The molecule has 0 N–H and O–H groups in total. The molecule has 0 aliphatic rings. The van der Waals surface area contributed by atoms with Crippen LogP contribution in [0.15, 0.2) is 83.8 Å². The van der Waals surface area contributed by atoms with Crippen molar-refractivity contribution in [3.8, 4) is 17.2 Å². The molecule has 0 fully saturated rings. The number of methoxy groups -OCH3 is 1. The van der Waals surface area contributed by atoms with Gasteiger partial charge in [-0.3, -0.25) is 9.36 Å². The molecule has 4 aromatic rings. The van der Waals surface area contributed by atoms with Crippen molar-refractivity contribution >= 4 is 16.7 Å². The Kier molecular flexibility index (Phi) is 5.44. The number of carbonyl (C=O) groups is 1. The lowest BCUT2D eigenvalue weighted by Crippen LogP contribution is -2.22. The number of nitrogens with zero attached hydrogens (tertiary/aromatic N) is 1. The maximum atomic E-state index is 13.2. The van der Waals surface area contributed by atoms with Crippen molar-refractivity contribution in [2.45, 2.75) is 6.18 Å². The second kappa shape index (κ2) is 8.22. The van der Waals surface area contributed by atoms with Gasteiger partial charge in [-0.25, -0.2) is 4.79 Å². The van der Waals surface area contributed by atoms with Crippen molar-refractivity contribution in [1.29, 1.82) is 0 Å². The summed E-state index contributed by atoms with van der Waals surface area (Å²) >= 11 is 0. The van der Waals surface area contributed by atoms with Crippen LogP contribution in [0.3, 0.4) is 0 Å². The number of rotatable bonds is 4. The van der Waals surface area contributed by atoms with E-state index in [9.17, 15) is 22.8 Å². The first-order valence-electron chi connectivity index (χ1n) is 9.46. The average molecular weight is 439 g/mol. The van der Waals surface area contributed by atoms with E-state index in [2.05, 4.69) is 0 Å². The van der Waals surface area contributed by atoms with Crippen molar-refractivity contribution in [2.24, 2.45) is 0 Å². The van der Waals surface area contributed by atoms with Crippen LogP contribution in [0.25, 0.3) is 16.5 Å². The number of carbonyl (C=O) groups excluding carboxylic acids is 1. The maximum absolute atomic E-state index is 13.2. The molecular formula is C24H16F3NO4. The number of hydrogen-bond acceptors (Lipinski definition) is 4. The van der Waals surface area contributed by atoms with E-state index in [1.165, 1.54) is 31.5 Å². The molecule has 0 radical (unpaired) electrons. The Morgan fingerprint density at radius 3 is 2.19 bits per heavy atom. The first-order valence-corrected chi connectivity index (χ1v) is 9.46. The smallest absolute Gasteiger partial charge is 0.416 e. The summed E-state index contributed by atoms with van der Waals surface area (Å²) in [6.07, 6.45) is -3.38. The van der Waals surface area contributed by atoms with Gasteiger partial charge in [-0.1, -0.05) is 24.3 Å². The Bertz CT molecular complexity index is 1360. The van der Waals surface area contributed by atoms with E-state index in [-0.39, 0.29) is 22.4 Å². The Hall–Kier alpha value is -4.07. The van der Waals surface area contributed by atoms with E-state index in [4.69, 9.17) is 9.47 Å². The normalized spacial score (nSPS) is 11.4. The highest BCUT2D eigenvalue weighted by molar-refractivity contribution is 6.04. The second-order valence-corrected chi connectivity index (χ2v) is 6.88. The summed E-state index contributed by atoms with van der Waals surface area (Å²) in [5.74, 6) is 0.0668. The molecule has 0 unspecified atom stereocenters. The van der Waals surface area contributed by atoms with Crippen LogP contribution in [0.1, 0.15) is 15.9 Å². The predicted molar refractivity (Wildman–Crippen MR) is 112 cm³/mol. The summed E-state index contributed by atoms with van der Waals surface area (Å²) in [6.45, 7) is 0. The van der Waals surface area contributed by atoms with Crippen LogP contribution in [0.5, 0.6) is 11.5 Å². The summed E-state index contributed by atoms with van der Waals surface area (Å²) in [7, 11) is 1.50. The molecule has 0 aliphatic carbocycles. The number of pyridine rings is 1. The number of hydrogen-bond donors (Lipinski definition) is 0. The van der Waals surface area contributed by atoms with Crippen molar-refractivity contribution < 1.29 is 27.4 Å². The van der Waals surface area contributed by atoms with Crippen molar-refractivity contribution in [3.63, 3.8) is 0 Å². The van der Waals surface area contributed by atoms with Gasteiger partial charge < -0.3 is 9.47 Å². The van der Waals surface area contributed by atoms with Crippen LogP contribution < -0.4 is 15.0 Å². The van der Waals surface area contributed by atoms with Crippen molar-refractivity contribution in [3.05, 3.63) is 100 Å².